The average molecular weight is 421 g/mol. The van der Waals surface area contributed by atoms with Crippen molar-refractivity contribution < 1.29 is 19.1 Å². The van der Waals surface area contributed by atoms with Crippen LogP contribution in [0.15, 0.2) is 36.4 Å². The molecule has 6 heteroatoms. The predicted molar refractivity (Wildman–Crippen MR) is 119 cm³/mol. The molecule has 1 fully saturated rings. The Hall–Kier alpha value is -2.99. The zero-order valence-electron chi connectivity index (χ0n) is 18.5. The first kappa shape index (κ1) is 21.2. The van der Waals surface area contributed by atoms with E-state index in [1.165, 1.54) is 4.90 Å². The SMILES string of the molecule is CC(C)c1cccc(C(C)C)c1N1C(=O)c2cccc(C(=O)N3CCOCC3)c2C1=O. The molecule has 4 rings (SSSR count). The molecule has 0 unspecified atom stereocenters. The Morgan fingerprint density at radius 3 is 2.03 bits per heavy atom. The number of ether oxygens (including phenoxy) is 1. The van der Waals surface area contributed by atoms with Crippen LogP contribution in [-0.2, 0) is 4.74 Å². The minimum Gasteiger partial charge on any atom is -0.378 e. The van der Waals surface area contributed by atoms with Crippen molar-refractivity contribution in [2.45, 2.75) is 39.5 Å². The lowest BCUT2D eigenvalue weighted by Crippen LogP contribution is -2.41. The van der Waals surface area contributed by atoms with E-state index in [1.54, 1.807) is 23.1 Å². The summed E-state index contributed by atoms with van der Waals surface area (Å²) in [5.74, 6) is -0.761. The van der Waals surface area contributed by atoms with E-state index in [1.807, 2.05) is 18.2 Å². The van der Waals surface area contributed by atoms with Gasteiger partial charge in [-0.05, 0) is 35.1 Å². The second-order valence-electron chi connectivity index (χ2n) is 8.67. The Labute approximate surface area is 182 Å². The average Bonchev–Trinajstić information content (AvgIpc) is 3.03. The topological polar surface area (TPSA) is 66.9 Å². The van der Waals surface area contributed by atoms with Gasteiger partial charge in [0.25, 0.3) is 17.7 Å². The molecule has 0 spiro atoms. The van der Waals surface area contributed by atoms with E-state index in [0.717, 1.165) is 11.1 Å². The molecule has 0 atom stereocenters. The van der Waals surface area contributed by atoms with Gasteiger partial charge in [0.05, 0.1) is 35.6 Å². The number of carbonyl (C=O) groups is 3. The number of anilines is 1. The summed E-state index contributed by atoms with van der Waals surface area (Å²) in [5, 5.41) is 0. The van der Waals surface area contributed by atoms with Gasteiger partial charge in [-0.15, -0.1) is 0 Å². The summed E-state index contributed by atoms with van der Waals surface area (Å²) in [7, 11) is 0. The van der Waals surface area contributed by atoms with Gasteiger partial charge in [0.2, 0.25) is 0 Å². The molecule has 6 nitrogen and oxygen atoms in total. The fourth-order valence-electron chi connectivity index (χ4n) is 4.37. The van der Waals surface area contributed by atoms with Crippen molar-refractivity contribution in [3.63, 3.8) is 0 Å². The molecule has 31 heavy (non-hydrogen) atoms. The number of benzene rings is 2. The molecule has 1 saturated heterocycles. The quantitative estimate of drug-likeness (QED) is 0.695. The maximum Gasteiger partial charge on any atom is 0.266 e. The molecule has 0 N–H and O–H groups in total. The van der Waals surface area contributed by atoms with Crippen LogP contribution in [0, 0.1) is 0 Å². The number of rotatable bonds is 4. The number of carbonyl (C=O) groups excluding carboxylic acids is 3. The van der Waals surface area contributed by atoms with Gasteiger partial charge < -0.3 is 9.64 Å². The summed E-state index contributed by atoms with van der Waals surface area (Å²) in [6, 6.07) is 10.9. The van der Waals surface area contributed by atoms with Gasteiger partial charge in [0, 0.05) is 13.1 Å². The molecular weight excluding hydrogens is 392 g/mol. The van der Waals surface area contributed by atoms with E-state index in [9.17, 15) is 14.4 Å². The third kappa shape index (κ3) is 3.55. The molecule has 2 aromatic rings. The highest BCUT2D eigenvalue weighted by molar-refractivity contribution is 6.36. The summed E-state index contributed by atoms with van der Waals surface area (Å²) < 4.78 is 5.34. The zero-order chi connectivity index (χ0) is 22.3. The summed E-state index contributed by atoms with van der Waals surface area (Å²) in [6.45, 7) is 10.1. The van der Waals surface area contributed by atoms with Crippen LogP contribution in [0.1, 0.15) is 81.7 Å². The normalized spacial score (nSPS) is 16.5. The van der Waals surface area contributed by atoms with E-state index in [2.05, 4.69) is 27.7 Å². The number of imide groups is 1. The van der Waals surface area contributed by atoms with Crippen LogP contribution in [0.5, 0.6) is 0 Å². The first-order chi connectivity index (χ1) is 14.8. The first-order valence-electron chi connectivity index (χ1n) is 10.8. The maximum absolute atomic E-state index is 13.7. The molecule has 2 aliphatic heterocycles. The van der Waals surface area contributed by atoms with Gasteiger partial charge in [0.15, 0.2) is 0 Å². The summed E-state index contributed by atoms with van der Waals surface area (Å²) in [6.07, 6.45) is 0. The highest BCUT2D eigenvalue weighted by Gasteiger charge is 2.42. The number of hydrogen-bond donors (Lipinski definition) is 0. The van der Waals surface area contributed by atoms with E-state index in [-0.39, 0.29) is 40.3 Å². The first-order valence-corrected chi connectivity index (χ1v) is 10.8. The Bertz CT molecular complexity index is 1030. The van der Waals surface area contributed by atoms with Crippen molar-refractivity contribution in [3.8, 4) is 0 Å². The van der Waals surface area contributed by atoms with Gasteiger partial charge in [-0.25, -0.2) is 4.90 Å². The summed E-state index contributed by atoms with van der Waals surface area (Å²) in [4.78, 5) is 43.3. The van der Waals surface area contributed by atoms with Gasteiger partial charge in [-0.1, -0.05) is 52.0 Å². The summed E-state index contributed by atoms with van der Waals surface area (Å²) >= 11 is 0. The minimum absolute atomic E-state index is 0.132. The van der Waals surface area contributed by atoms with Crippen molar-refractivity contribution in [2.75, 3.05) is 31.2 Å². The largest absolute Gasteiger partial charge is 0.378 e. The number of fused-ring (bicyclic) bond motifs is 1. The highest BCUT2D eigenvalue weighted by Crippen LogP contribution is 2.40. The van der Waals surface area contributed by atoms with Gasteiger partial charge >= 0.3 is 0 Å². The van der Waals surface area contributed by atoms with Crippen LogP contribution < -0.4 is 4.90 Å². The Balaban J connectivity index is 1.83. The molecule has 3 amide bonds. The molecule has 2 aromatic carbocycles. The summed E-state index contributed by atoms with van der Waals surface area (Å²) in [5.41, 5.74) is 3.33. The Kier molecular flexibility index (Phi) is 5.67. The van der Waals surface area contributed by atoms with E-state index in [0.29, 0.717) is 32.0 Å². The molecule has 2 heterocycles. The monoisotopic (exact) mass is 420 g/mol. The lowest BCUT2D eigenvalue weighted by atomic mass is 9.92. The molecule has 0 radical (unpaired) electrons. The fraction of sp³-hybridized carbons (Fsp3) is 0.400. The van der Waals surface area contributed by atoms with Crippen LogP contribution in [0.4, 0.5) is 5.69 Å². The Morgan fingerprint density at radius 2 is 1.45 bits per heavy atom. The van der Waals surface area contributed by atoms with Gasteiger partial charge in [-0.2, -0.15) is 0 Å². The van der Waals surface area contributed by atoms with Crippen molar-refractivity contribution in [1.82, 2.24) is 4.90 Å². The van der Waals surface area contributed by atoms with Crippen molar-refractivity contribution >= 4 is 23.4 Å². The van der Waals surface area contributed by atoms with Crippen LogP contribution in [0.25, 0.3) is 0 Å². The van der Waals surface area contributed by atoms with Crippen molar-refractivity contribution in [3.05, 3.63) is 64.2 Å². The fourth-order valence-corrected chi connectivity index (χ4v) is 4.37. The van der Waals surface area contributed by atoms with Crippen LogP contribution in [0.2, 0.25) is 0 Å². The van der Waals surface area contributed by atoms with E-state index in [4.69, 9.17) is 4.74 Å². The van der Waals surface area contributed by atoms with Crippen molar-refractivity contribution in [1.29, 1.82) is 0 Å². The van der Waals surface area contributed by atoms with Crippen molar-refractivity contribution in [2.24, 2.45) is 0 Å². The molecule has 0 aliphatic carbocycles. The van der Waals surface area contributed by atoms with Gasteiger partial charge in [-0.3, -0.25) is 14.4 Å². The predicted octanol–water partition coefficient (Wildman–Crippen LogP) is 4.21. The standard InChI is InChI=1S/C25H28N2O4/c1-15(2)17-7-5-8-18(16(3)4)22(17)27-24(29)20-10-6-9-19(21(20)25(27)30)23(28)26-11-13-31-14-12-26/h5-10,15-16H,11-14H2,1-4H3. The maximum atomic E-state index is 13.7. The Morgan fingerprint density at radius 1 is 0.871 bits per heavy atom. The zero-order valence-corrected chi connectivity index (χ0v) is 18.5. The molecular formula is C25H28N2O4. The number of morpholine rings is 1. The third-order valence-corrected chi connectivity index (χ3v) is 6.01. The smallest absolute Gasteiger partial charge is 0.266 e. The molecule has 0 aromatic heterocycles. The van der Waals surface area contributed by atoms with Gasteiger partial charge in [0.1, 0.15) is 0 Å². The van der Waals surface area contributed by atoms with E-state index >= 15 is 0 Å². The second-order valence-corrected chi connectivity index (χ2v) is 8.67. The second kappa shape index (κ2) is 8.27. The molecule has 162 valence electrons. The van der Waals surface area contributed by atoms with Crippen LogP contribution in [0.3, 0.4) is 0 Å². The third-order valence-electron chi connectivity index (χ3n) is 6.01. The van der Waals surface area contributed by atoms with Crippen LogP contribution in [-0.4, -0.2) is 48.9 Å². The number of hydrogen-bond acceptors (Lipinski definition) is 4. The lowest BCUT2D eigenvalue weighted by Gasteiger charge is -2.27. The highest BCUT2D eigenvalue weighted by atomic mass is 16.5. The lowest BCUT2D eigenvalue weighted by molar-refractivity contribution is 0.0302. The number of nitrogens with zero attached hydrogens (tertiary/aromatic N) is 2. The number of para-hydroxylation sites is 1. The molecule has 0 bridgehead atoms. The van der Waals surface area contributed by atoms with Crippen LogP contribution >= 0.6 is 0 Å². The number of amides is 3. The molecule has 0 saturated carbocycles. The van der Waals surface area contributed by atoms with E-state index < -0.39 is 5.91 Å². The minimum atomic E-state index is -0.424. The molecule has 2 aliphatic rings.